The van der Waals surface area contributed by atoms with E-state index < -0.39 is 5.60 Å². The van der Waals surface area contributed by atoms with Gasteiger partial charge in [0.1, 0.15) is 5.78 Å². The fraction of sp³-hybridized carbons (Fsp3) is 0.688. The molecule has 3 aliphatic carbocycles. The van der Waals surface area contributed by atoms with Crippen LogP contribution in [-0.2, 0) is 4.79 Å². The standard InChI is InChI=1S/C16H22O2/c1-9-4-5-13-15(9)12-8-14(17)10(2)11(12)6-7-16(13,3)18/h4-5,10-12,15,18H,6-8H2,1-3H3/t10?,11-,12-,15+,16-/m0/s1. The highest BCUT2D eigenvalue weighted by Crippen LogP contribution is 2.53. The highest BCUT2D eigenvalue weighted by molar-refractivity contribution is 5.84. The molecule has 2 saturated carbocycles. The number of rotatable bonds is 0. The van der Waals surface area contributed by atoms with Gasteiger partial charge in [0, 0.05) is 18.3 Å². The molecule has 3 rings (SSSR count). The largest absolute Gasteiger partial charge is 0.386 e. The Morgan fingerprint density at radius 1 is 1.33 bits per heavy atom. The van der Waals surface area contributed by atoms with Crippen molar-refractivity contribution in [3.63, 3.8) is 0 Å². The van der Waals surface area contributed by atoms with Crippen LogP contribution in [0.15, 0.2) is 23.3 Å². The average molecular weight is 246 g/mol. The second kappa shape index (κ2) is 3.80. The lowest BCUT2D eigenvalue weighted by Crippen LogP contribution is -2.30. The number of hydrogen-bond acceptors (Lipinski definition) is 2. The summed E-state index contributed by atoms with van der Waals surface area (Å²) in [5, 5.41) is 10.7. The van der Waals surface area contributed by atoms with Gasteiger partial charge in [-0.2, -0.15) is 0 Å². The Morgan fingerprint density at radius 2 is 2.06 bits per heavy atom. The summed E-state index contributed by atoms with van der Waals surface area (Å²) in [6.07, 6.45) is 6.69. The zero-order valence-electron chi connectivity index (χ0n) is 11.4. The van der Waals surface area contributed by atoms with E-state index in [2.05, 4.69) is 26.0 Å². The Labute approximate surface area is 109 Å². The lowest BCUT2D eigenvalue weighted by atomic mass is 9.76. The Balaban J connectivity index is 2.03. The summed E-state index contributed by atoms with van der Waals surface area (Å²) in [7, 11) is 0. The monoisotopic (exact) mass is 246 g/mol. The number of carbonyl (C=O) groups excluding carboxylic acids is 1. The van der Waals surface area contributed by atoms with Crippen molar-refractivity contribution in [3.05, 3.63) is 23.3 Å². The maximum absolute atomic E-state index is 12.0. The molecule has 18 heavy (non-hydrogen) atoms. The van der Waals surface area contributed by atoms with E-state index in [-0.39, 0.29) is 5.92 Å². The smallest absolute Gasteiger partial charge is 0.136 e. The van der Waals surface area contributed by atoms with Gasteiger partial charge in [-0.25, -0.2) is 0 Å². The predicted molar refractivity (Wildman–Crippen MR) is 71.0 cm³/mol. The third-order valence-corrected chi connectivity index (χ3v) is 5.50. The number of Topliss-reactive ketones (excluding diaryl/α,β-unsaturated/α-hetero) is 1. The quantitative estimate of drug-likeness (QED) is 0.713. The number of carbonyl (C=O) groups is 1. The maximum atomic E-state index is 12.0. The third-order valence-electron chi connectivity index (χ3n) is 5.50. The Bertz CT molecular complexity index is 456. The number of aliphatic hydroxyl groups is 1. The van der Waals surface area contributed by atoms with Crippen LogP contribution in [0.4, 0.5) is 0 Å². The molecule has 0 aromatic carbocycles. The van der Waals surface area contributed by atoms with Gasteiger partial charge in [-0.3, -0.25) is 4.79 Å². The first-order valence-electron chi connectivity index (χ1n) is 7.06. The molecule has 1 unspecified atom stereocenters. The molecule has 2 heteroatoms. The molecule has 98 valence electrons. The zero-order chi connectivity index (χ0) is 13.1. The Kier molecular flexibility index (Phi) is 2.57. The number of ketones is 1. The van der Waals surface area contributed by atoms with Crippen molar-refractivity contribution in [2.24, 2.45) is 23.7 Å². The predicted octanol–water partition coefficient (Wildman–Crippen LogP) is 2.88. The molecule has 3 aliphatic rings. The van der Waals surface area contributed by atoms with Crippen LogP contribution < -0.4 is 0 Å². The van der Waals surface area contributed by atoms with Crippen LogP contribution in [0, 0.1) is 23.7 Å². The van der Waals surface area contributed by atoms with E-state index in [1.807, 2.05) is 6.92 Å². The van der Waals surface area contributed by atoms with E-state index >= 15 is 0 Å². The molecule has 0 saturated heterocycles. The van der Waals surface area contributed by atoms with Crippen LogP contribution in [0.2, 0.25) is 0 Å². The molecule has 5 atom stereocenters. The van der Waals surface area contributed by atoms with Crippen molar-refractivity contribution in [1.29, 1.82) is 0 Å². The summed E-state index contributed by atoms with van der Waals surface area (Å²) < 4.78 is 0. The van der Waals surface area contributed by atoms with Crippen LogP contribution >= 0.6 is 0 Å². The molecule has 0 aromatic rings. The SMILES string of the molecule is CC1=CC=C2[C@H]1[C@H]1CC(=O)C(C)[C@@H]1CC[C@]2(C)O. The lowest BCUT2D eigenvalue weighted by molar-refractivity contribution is -0.120. The molecule has 0 aliphatic heterocycles. The minimum absolute atomic E-state index is 0.179. The van der Waals surface area contributed by atoms with Gasteiger partial charge in [0.2, 0.25) is 0 Å². The second-order valence-electron chi connectivity index (χ2n) is 6.61. The van der Waals surface area contributed by atoms with Crippen molar-refractivity contribution in [2.45, 2.75) is 45.6 Å². The van der Waals surface area contributed by atoms with Gasteiger partial charge in [0.05, 0.1) is 5.60 Å². The topological polar surface area (TPSA) is 37.3 Å². The van der Waals surface area contributed by atoms with E-state index in [1.165, 1.54) is 5.57 Å². The first-order valence-corrected chi connectivity index (χ1v) is 7.06. The third kappa shape index (κ3) is 1.55. The van der Waals surface area contributed by atoms with Gasteiger partial charge >= 0.3 is 0 Å². The van der Waals surface area contributed by atoms with Crippen LogP contribution in [0.5, 0.6) is 0 Å². The summed E-state index contributed by atoms with van der Waals surface area (Å²) >= 11 is 0. The van der Waals surface area contributed by atoms with Crippen LogP contribution in [-0.4, -0.2) is 16.5 Å². The molecule has 2 fully saturated rings. The maximum Gasteiger partial charge on any atom is 0.136 e. The highest BCUT2D eigenvalue weighted by atomic mass is 16.3. The first-order chi connectivity index (χ1) is 8.42. The molecule has 0 aromatic heterocycles. The summed E-state index contributed by atoms with van der Waals surface area (Å²) in [6, 6.07) is 0. The van der Waals surface area contributed by atoms with Crippen molar-refractivity contribution in [1.82, 2.24) is 0 Å². The van der Waals surface area contributed by atoms with E-state index in [9.17, 15) is 9.90 Å². The average Bonchev–Trinajstić information content (AvgIpc) is 2.76. The van der Waals surface area contributed by atoms with E-state index in [0.717, 1.165) is 18.4 Å². The Hall–Kier alpha value is -0.890. The van der Waals surface area contributed by atoms with E-state index in [0.29, 0.717) is 30.0 Å². The van der Waals surface area contributed by atoms with E-state index in [1.54, 1.807) is 0 Å². The van der Waals surface area contributed by atoms with Gasteiger partial charge in [0.25, 0.3) is 0 Å². The normalized spacial score (nSPS) is 47.2. The number of fused-ring (bicyclic) bond motifs is 3. The van der Waals surface area contributed by atoms with E-state index in [4.69, 9.17) is 0 Å². The van der Waals surface area contributed by atoms with Gasteiger partial charge in [-0.1, -0.05) is 24.6 Å². The highest BCUT2D eigenvalue weighted by Gasteiger charge is 2.50. The van der Waals surface area contributed by atoms with Crippen molar-refractivity contribution >= 4 is 5.78 Å². The molecule has 0 bridgehead atoms. The van der Waals surface area contributed by atoms with Crippen LogP contribution in [0.25, 0.3) is 0 Å². The fourth-order valence-electron chi connectivity index (χ4n) is 4.36. The molecule has 1 N–H and O–H groups in total. The van der Waals surface area contributed by atoms with Gasteiger partial charge in [0.15, 0.2) is 0 Å². The molecule has 0 radical (unpaired) electrons. The summed E-state index contributed by atoms with van der Waals surface area (Å²) in [4.78, 5) is 12.0. The molecule has 0 spiro atoms. The lowest BCUT2D eigenvalue weighted by Gasteiger charge is -2.30. The molecule has 2 nitrogen and oxygen atoms in total. The van der Waals surface area contributed by atoms with Crippen LogP contribution in [0.1, 0.15) is 40.0 Å². The molecular weight excluding hydrogens is 224 g/mol. The summed E-state index contributed by atoms with van der Waals surface area (Å²) in [5.41, 5.74) is 1.78. The fourth-order valence-corrected chi connectivity index (χ4v) is 4.36. The van der Waals surface area contributed by atoms with Crippen LogP contribution in [0.3, 0.4) is 0 Å². The van der Waals surface area contributed by atoms with Crippen molar-refractivity contribution in [2.75, 3.05) is 0 Å². The van der Waals surface area contributed by atoms with Gasteiger partial charge < -0.3 is 5.11 Å². The molecule has 0 amide bonds. The summed E-state index contributed by atoms with van der Waals surface area (Å²) in [5.74, 6) is 1.79. The molecular formula is C16H22O2. The van der Waals surface area contributed by atoms with Crippen molar-refractivity contribution in [3.8, 4) is 0 Å². The number of allylic oxidation sites excluding steroid dienone is 3. The summed E-state index contributed by atoms with van der Waals surface area (Å²) in [6.45, 7) is 6.15. The Morgan fingerprint density at radius 3 is 2.78 bits per heavy atom. The van der Waals surface area contributed by atoms with Gasteiger partial charge in [-0.05, 0) is 44.1 Å². The van der Waals surface area contributed by atoms with Crippen molar-refractivity contribution < 1.29 is 9.90 Å². The zero-order valence-corrected chi connectivity index (χ0v) is 11.4. The minimum Gasteiger partial charge on any atom is -0.386 e. The van der Waals surface area contributed by atoms with Gasteiger partial charge in [-0.15, -0.1) is 0 Å². The molecule has 0 heterocycles. The number of hydrogen-bond donors (Lipinski definition) is 1. The second-order valence-corrected chi connectivity index (χ2v) is 6.61. The first kappa shape index (κ1) is 12.2. The minimum atomic E-state index is -0.688.